The second-order valence-electron chi connectivity index (χ2n) is 5.33. The molecule has 2 N–H and O–H groups in total. The molecule has 1 fully saturated rings. The van der Waals surface area contributed by atoms with E-state index >= 15 is 0 Å². The third-order valence-electron chi connectivity index (χ3n) is 3.78. The lowest BCUT2D eigenvalue weighted by atomic mass is 10.0. The average molecular weight is 263 g/mol. The second-order valence-corrected chi connectivity index (χ2v) is 5.33. The van der Waals surface area contributed by atoms with Gasteiger partial charge >= 0.3 is 0 Å². The molecular weight excluding hydrogens is 238 g/mol. The number of anilines is 1. The SMILES string of the molecule is COc1cccc(N2CCCN(C)CC2)c1[C@H](C)N. The van der Waals surface area contributed by atoms with E-state index < -0.39 is 0 Å². The van der Waals surface area contributed by atoms with Crippen LogP contribution in [0.25, 0.3) is 0 Å². The fourth-order valence-electron chi connectivity index (χ4n) is 2.73. The highest BCUT2D eigenvalue weighted by Crippen LogP contribution is 2.34. The van der Waals surface area contributed by atoms with Gasteiger partial charge in [0.25, 0.3) is 0 Å². The Morgan fingerprint density at radius 1 is 1.21 bits per heavy atom. The molecule has 0 saturated carbocycles. The summed E-state index contributed by atoms with van der Waals surface area (Å²) in [6.07, 6.45) is 1.19. The van der Waals surface area contributed by atoms with Crippen molar-refractivity contribution in [2.24, 2.45) is 5.73 Å². The lowest BCUT2D eigenvalue weighted by Gasteiger charge is -2.28. The van der Waals surface area contributed by atoms with E-state index in [-0.39, 0.29) is 6.04 Å². The molecule has 0 aromatic heterocycles. The van der Waals surface area contributed by atoms with Gasteiger partial charge in [-0.15, -0.1) is 0 Å². The van der Waals surface area contributed by atoms with Crippen LogP contribution in [0.4, 0.5) is 5.69 Å². The van der Waals surface area contributed by atoms with Gasteiger partial charge in [0.2, 0.25) is 0 Å². The zero-order chi connectivity index (χ0) is 13.8. The van der Waals surface area contributed by atoms with Crippen LogP contribution < -0.4 is 15.4 Å². The van der Waals surface area contributed by atoms with Gasteiger partial charge in [-0.05, 0) is 39.1 Å². The minimum absolute atomic E-state index is 0.0212. The smallest absolute Gasteiger partial charge is 0.125 e. The average Bonchev–Trinajstić information content (AvgIpc) is 2.62. The van der Waals surface area contributed by atoms with Crippen LogP contribution in [0, 0.1) is 0 Å². The first-order valence-corrected chi connectivity index (χ1v) is 6.99. The first-order chi connectivity index (χ1) is 9.13. The molecule has 1 aromatic carbocycles. The number of benzene rings is 1. The lowest BCUT2D eigenvalue weighted by molar-refractivity contribution is 0.360. The molecular formula is C15H25N3O. The van der Waals surface area contributed by atoms with E-state index in [1.54, 1.807) is 7.11 Å². The van der Waals surface area contributed by atoms with Crippen LogP contribution in [0.2, 0.25) is 0 Å². The maximum atomic E-state index is 6.15. The lowest BCUT2D eigenvalue weighted by Crippen LogP contribution is -2.30. The molecule has 1 aliphatic rings. The van der Waals surface area contributed by atoms with Gasteiger partial charge < -0.3 is 20.3 Å². The molecule has 1 aliphatic heterocycles. The maximum absolute atomic E-state index is 6.15. The topological polar surface area (TPSA) is 41.7 Å². The number of hydrogen-bond donors (Lipinski definition) is 1. The number of hydrogen-bond acceptors (Lipinski definition) is 4. The van der Waals surface area contributed by atoms with Crippen molar-refractivity contribution >= 4 is 5.69 Å². The predicted molar refractivity (Wildman–Crippen MR) is 79.9 cm³/mol. The van der Waals surface area contributed by atoms with Gasteiger partial charge in [-0.1, -0.05) is 6.07 Å². The van der Waals surface area contributed by atoms with Gasteiger partial charge in [0, 0.05) is 36.9 Å². The molecule has 4 nitrogen and oxygen atoms in total. The molecule has 2 rings (SSSR count). The Kier molecular flexibility index (Phi) is 4.66. The minimum Gasteiger partial charge on any atom is -0.496 e. The molecule has 1 heterocycles. The summed E-state index contributed by atoms with van der Waals surface area (Å²) < 4.78 is 5.47. The van der Waals surface area contributed by atoms with Gasteiger partial charge in [-0.25, -0.2) is 0 Å². The van der Waals surface area contributed by atoms with Crippen molar-refractivity contribution in [2.45, 2.75) is 19.4 Å². The highest BCUT2D eigenvalue weighted by molar-refractivity contribution is 5.60. The zero-order valence-corrected chi connectivity index (χ0v) is 12.2. The molecule has 0 aliphatic carbocycles. The van der Waals surface area contributed by atoms with Gasteiger partial charge in [0.05, 0.1) is 7.11 Å². The summed E-state index contributed by atoms with van der Waals surface area (Å²) in [6, 6.07) is 6.18. The number of methoxy groups -OCH3 is 1. The monoisotopic (exact) mass is 263 g/mol. The van der Waals surface area contributed by atoms with Crippen LogP contribution in [0.5, 0.6) is 5.75 Å². The summed E-state index contributed by atoms with van der Waals surface area (Å²) in [5.74, 6) is 0.894. The molecule has 4 heteroatoms. The maximum Gasteiger partial charge on any atom is 0.125 e. The third-order valence-corrected chi connectivity index (χ3v) is 3.78. The molecule has 0 radical (unpaired) electrons. The fraction of sp³-hybridized carbons (Fsp3) is 0.600. The molecule has 0 spiro atoms. The third kappa shape index (κ3) is 3.19. The van der Waals surface area contributed by atoms with Crippen molar-refractivity contribution in [3.8, 4) is 5.75 Å². The van der Waals surface area contributed by atoms with Crippen molar-refractivity contribution in [3.63, 3.8) is 0 Å². The van der Waals surface area contributed by atoms with E-state index in [4.69, 9.17) is 10.5 Å². The second kappa shape index (κ2) is 6.26. The minimum atomic E-state index is -0.0212. The van der Waals surface area contributed by atoms with Crippen LogP contribution in [0.15, 0.2) is 18.2 Å². The van der Waals surface area contributed by atoms with E-state index in [1.807, 2.05) is 13.0 Å². The highest BCUT2D eigenvalue weighted by Gasteiger charge is 2.19. The van der Waals surface area contributed by atoms with Crippen molar-refractivity contribution in [1.82, 2.24) is 4.90 Å². The molecule has 0 amide bonds. The molecule has 0 bridgehead atoms. The molecule has 1 aromatic rings. The summed E-state index contributed by atoms with van der Waals surface area (Å²) in [5, 5.41) is 0. The summed E-state index contributed by atoms with van der Waals surface area (Å²) in [4.78, 5) is 4.82. The van der Waals surface area contributed by atoms with Crippen LogP contribution in [0.3, 0.4) is 0 Å². The van der Waals surface area contributed by atoms with Crippen LogP contribution >= 0.6 is 0 Å². The normalized spacial score (nSPS) is 19.1. The fourth-order valence-corrected chi connectivity index (χ4v) is 2.73. The van der Waals surface area contributed by atoms with E-state index in [0.717, 1.165) is 37.5 Å². The van der Waals surface area contributed by atoms with Gasteiger partial charge in [0.1, 0.15) is 5.75 Å². The number of ether oxygens (including phenoxy) is 1. The molecule has 1 saturated heterocycles. The van der Waals surface area contributed by atoms with Crippen LogP contribution in [-0.4, -0.2) is 45.2 Å². The van der Waals surface area contributed by atoms with Gasteiger partial charge in [-0.2, -0.15) is 0 Å². The van der Waals surface area contributed by atoms with E-state index in [1.165, 1.54) is 12.1 Å². The molecule has 0 unspecified atom stereocenters. The highest BCUT2D eigenvalue weighted by atomic mass is 16.5. The standard InChI is InChI=1S/C15H25N3O/c1-12(16)15-13(6-4-7-14(15)19-3)18-9-5-8-17(2)10-11-18/h4,6-7,12H,5,8-11,16H2,1-3H3/t12-/m0/s1. The van der Waals surface area contributed by atoms with Crippen molar-refractivity contribution < 1.29 is 4.74 Å². The van der Waals surface area contributed by atoms with Crippen LogP contribution in [0.1, 0.15) is 24.9 Å². The van der Waals surface area contributed by atoms with Gasteiger partial charge in [-0.3, -0.25) is 0 Å². The number of likely N-dealkylation sites (N-methyl/N-ethyl adjacent to an activating group) is 1. The first-order valence-electron chi connectivity index (χ1n) is 6.99. The number of nitrogens with two attached hydrogens (primary N) is 1. The summed E-state index contributed by atoms with van der Waals surface area (Å²) in [6.45, 7) is 6.40. The zero-order valence-electron chi connectivity index (χ0n) is 12.2. The largest absolute Gasteiger partial charge is 0.496 e. The first kappa shape index (κ1) is 14.2. The summed E-state index contributed by atoms with van der Waals surface area (Å²) in [5.41, 5.74) is 8.49. The van der Waals surface area contributed by atoms with Gasteiger partial charge in [0.15, 0.2) is 0 Å². The molecule has 19 heavy (non-hydrogen) atoms. The summed E-state index contributed by atoms with van der Waals surface area (Å²) >= 11 is 0. The number of nitrogens with zero attached hydrogens (tertiary/aromatic N) is 2. The van der Waals surface area contributed by atoms with E-state index in [2.05, 4.69) is 29.0 Å². The van der Waals surface area contributed by atoms with E-state index in [0.29, 0.717) is 0 Å². The Hall–Kier alpha value is -1.26. The summed E-state index contributed by atoms with van der Waals surface area (Å²) in [7, 11) is 3.89. The van der Waals surface area contributed by atoms with Crippen molar-refractivity contribution in [3.05, 3.63) is 23.8 Å². The predicted octanol–water partition coefficient (Wildman–Crippen LogP) is 1.86. The van der Waals surface area contributed by atoms with E-state index in [9.17, 15) is 0 Å². The Morgan fingerprint density at radius 2 is 2.00 bits per heavy atom. The molecule has 1 atom stereocenters. The Balaban J connectivity index is 2.32. The van der Waals surface area contributed by atoms with Crippen molar-refractivity contribution in [1.29, 1.82) is 0 Å². The molecule has 106 valence electrons. The Labute approximate surface area is 116 Å². The quantitative estimate of drug-likeness (QED) is 0.904. The van der Waals surface area contributed by atoms with Crippen molar-refractivity contribution in [2.75, 3.05) is 45.2 Å². The Morgan fingerprint density at radius 3 is 2.68 bits per heavy atom. The Bertz CT molecular complexity index is 420. The number of rotatable bonds is 3. The van der Waals surface area contributed by atoms with Crippen LogP contribution in [-0.2, 0) is 0 Å².